The highest BCUT2D eigenvalue weighted by molar-refractivity contribution is 5.88. The van der Waals surface area contributed by atoms with E-state index in [0.717, 1.165) is 33.4 Å². The van der Waals surface area contributed by atoms with Gasteiger partial charge in [-0.15, -0.1) is 0 Å². The predicted octanol–water partition coefficient (Wildman–Crippen LogP) is 5.39. The van der Waals surface area contributed by atoms with E-state index < -0.39 is 11.9 Å². The van der Waals surface area contributed by atoms with Gasteiger partial charge in [-0.25, -0.2) is 9.59 Å². The van der Waals surface area contributed by atoms with Crippen molar-refractivity contribution in [2.24, 2.45) is 0 Å². The minimum atomic E-state index is -0.999. The maximum absolute atomic E-state index is 11.1. The third-order valence-electron chi connectivity index (χ3n) is 4.84. The van der Waals surface area contributed by atoms with Gasteiger partial charge in [0.25, 0.3) is 0 Å². The first-order valence-corrected chi connectivity index (χ1v) is 9.45. The van der Waals surface area contributed by atoms with Crippen LogP contribution in [0.1, 0.15) is 11.1 Å². The predicted molar refractivity (Wildman–Crippen MR) is 118 cm³/mol. The number of hydrogen-bond donors (Lipinski definition) is 2. The molecule has 0 unspecified atom stereocenters. The number of carbonyl (C=O) groups is 2. The van der Waals surface area contributed by atoms with Gasteiger partial charge in [0, 0.05) is 24.0 Å². The van der Waals surface area contributed by atoms with Crippen LogP contribution >= 0.6 is 0 Å². The quantitative estimate of drug-likeness (QED) is 0.499. The second kappa shape index (κ2) is 9.05. The van der Waals surface area contributed by atoms with Gasteiger partial charge in [0.1, 0.15) is 0 Å². The highest BCUT2D eigenvalue weighted by Crippen LogP contribution is 2.33. The van der Waals surface area contributed by atoms with Crippen molar-refractivity contribution in [1.82, 2.24) is 0 Å². The van der Waals surface area contributed by atoms with Crippen LogP contribution < -0.4 is 0 Å². The molecule has 0 aromatic heterocycles. The van der Waals surface area contributed by atoms with Crippen LogP contribution in [0.2, 0.25) is 0 Å². The number of benzene rings is 3. The van der Waals surface area contributed by atoms with E-state index in [1.807, 2.05) is 72.8 Å². The molecule has 0 aliphatic carbocycles. The Morgan fingerprint density at radius 3 is 1.40 bits per heavy atom. The molecule has 30 heavy (non-hydrogen) atoms. The average Bonchev–Trinajstić information content (AvgIpc) is 2.74. The standard InChI is InChI=1S/C26H22O4/c1-17(25(27)28)13-19-7-5-9-21(15-19)23-11-3-4-12-24(23)22-10-6-8-20(16-22)14-18(2)26(29)30/h3-12,15-16H,1-2,13-14H2,(H,27,28)(H,29,30). The molecule has 4 nitrogen and oxygen atoms in total. The van der Waals surface area contributed by atoms with E-state index in [2.05, 4.69) is 13.2 Å². The minimum Gasteiger partial charge on any atom is -0.478 e. The zero-order valence-electron chi connectivity index (χ0n) is 16.5. The molecule has 4 heteroatoms. The van der Waals surface area contributed by atoms with E-state index in [4.69, 9.17) is 10.2 Å². The molecule has 150 valence electrons. The molecule has 0 fully saturated rings. The van der Waals surface area contributed by atoms with Gasteiger partial charge in [-0.1, -0.05) is 86.0 Å². The summed E-state index contributed by atoms with van der Waals surface area (Å²) in [6, 6.07) is 23.5. The zero-order valence-corrected chi connectivity index (χ0v) is 16.5. The minimum absolute atomic E-state index is 0.145. The number of carboxylic acids is 2. The summed E-state index contributed by atoms with van der Waals surface area (Å²) >= 11 is 0. The lowest BCUT2D eigenvalue weighted by molar-refractivity contribution is -0.133. The Morgan fingerprint density at radius 1 is 0.633 bits per heavy atom. The van der Waals surface area contributed by atoms with Gasteiger partial charge in [-0.05, 0) is 33.4 Å². The Hall–Kier alpha value is -3.92. The molecule has 0 heterocycles. The Balaban J connectivity index is 1.98. The van der Waals surface area contributed by atoms with Crippen LogP contribution in [0.15, 0.2) is 97.1 Å². The Bertz CT molecular complexity index is 1050. The molecule has 3 aromatic carbocycles. The molecule has 0 bridgehead atoms. The van der Waals surface area contributed by atoms with Gasteiger partial charge in [0.05, 0.1) is 0 Å². The molecule has 0 aliphatic heterocycles. The van der Waals surface area contributed by atoms with Crippen molar-refractivity contribution >= 4 is 11.9 Å². The van der Waals surface area contributed by atoms with E-state index in [-0.39, 0.29) is 24.0 Å². The fraction of sp³-hybridized carbons (Fsp3) is 0.0769. The molecule has 2 N–H and O–H groups in total. The number of hydrogen-bond acceptors (Lipinski definition) is 2. The normalized spacial score (nSPS) is 10.4. The Morgan fingerprint density at radius 2 is 1.03 bits per heavy atom. The van der Waals surface area contributed by atoms with Crippen LogP contribution in [0.4, 0.5) is 0 Å². The maximum Gasteiger partial charge on any atom is 0.331 e. The molecule has 0 radical (unpaired) electrons. The van der Waals surface area contributed by atoms with E-state index in [9.17, 15) is 9.59 Å². The largest absolute Gasteiger partial charge is 0.478 e. The summed E-state index contributed by atoms with van der Waals surface area (Å²) in [5.74, 6) is -2.00. The first-order chi connectivity index (χ1) is 14.3. The van der Waals surface area contributed by atoms with Crippen molar-refractivity contribution in [2.45, 2.75) is 12.8 Å². The van der Waals surface area contributed by atoms with Crippen molar-refractivity contribution in [2.75, 3.05) is 0 Å². The number of rotatable bonds is 8. The van der Waals surface area contributed by atoms with Gasteiger partial charge in [-0.2, -0.15) is 0 Å². The van der Waals surface area contributed by atoms with Crippen molar-refractivity contribution in [3.63, 3.8) is 0 Å². The van der Waals surface area contributed by atoms with Crippen molar-refractivity contribution < 1.29 is 19.8 Å². The van der Waals surface area contributed by atoms with E-state index in [1.54, 1.807) is 0 Å². The molecule has 0 saturated carbocycles. The van der Waals surface area contributed by atoms with Crippen LogP contribution in [-0.4, -0.2) is 22.2 Å². The van der Waals surface area contributed by atoms with Crippen LogP contribution in [0.3, 0.4) is 0 Å². The summed E-state index contributed by atoms with van der Waals surface area (Å²) < 4.78 is 0. The lowest BCUT2D eigenvalue weighted by Crippen LogP contribution is -2.02. The molecule has 0 atom stereocenters. The smallest absolute Gasteiger partial charge is 0.331 e. The zero-order chi connectivity index (χ0) is 21.7. The van der Waals surface area contributed by atoms with Crippen LogP contribution in [0, 0.1) is 0 Å². The highest BCUT2D eigenvalue weighted by atomic mass is 16.4. The monoisotopic (exact) mass is 398 g/mol. The molecule has 3 rings (SSSR count). The average molecular weight is 398 g/mol. The topological polar surface area (TPSA) is 74.6 Å². The summed E-state index contributed by atoms with van der Waals surface area (Å²) in [4.78, 5) is 22.2. The lowest BCUT2D eigenvalue weighted by atomic mass is 9.91. The molecular formula is C26H22O4. The fourth-order valence-corrected chi connectivity index (χ4v) is 3.33. The van der Waals surface area contributed by atoms with Crippen LogP contribution in [-0.2, 0) is 22.4 Å². The molecule has 0 spiro atoms. The van der Waals surface area contributed by atoms with Gasteiger partial charge >= 0.3 is 11.9 Å². The summed E-state index contributed by atoms with van der Waals surface area (Å²) in [5, 5.41) is 18.2. The highest BCUT2D eigenvalue weighted by Gasteiger charge is 2.11. The molecule has 3 aromatic rings. The second-order valence-corrected chi connectivity index (χ2v) is 7.12. The van der Waals surface area contributed by atoms with Gasteiger partial charge in [0.15, 0.2) is 0 Å². The Labute approximate surface area is 175 Å². The third-order valence-corrected chi connectivity index (χ3v) is 4.84. The molecular weight excluding hydrogens is 376 g/mol. The number of carboxylic acid groups (broad SMARTS) is 2. The molecule has 0 aliphatic rings. The lowest BCUT2D eigenvalue weighted by Gasteiger charge is -2.13. The first kappa shape index (κ1) is 20.8. The maximum atomic E-state index is 11.1. The summed E-state index contributed by atoms with van der Waals surface area (Å²) in [5.41, 5.74) is 6.01. The van der Waals surface area contributed by atoms with Crippen molar-refractivity contribution in [3.8, 4) is 22.3 Å². The summed E-state index contributed by atoms with van der Waals surface area (Å²) in [6.45, 7) is 7.23. The first-order valence-electron chi connectivity index (χ1n) is 9.45. The molecule has 0 saturated heterocycles. The fourth-order valence-electron chi connectivity index (χ4n) is 3.33. The van der Waals surface area contributed by atoms with E-state index >= 15 is 0 Å². The van der Waals surface area contributed by atoms with Gasteiger partial charge < -0.3 is 10.2 Å². The van der Waals surface area contributed by atoms with Gasteiger partial charge in [0.2, 0.25) is 0 Å². The number of aliphatic carboxylic acids is 2. The van der Waals surface area contributed by atoms with E-state index in [1.165, 1.54) is 0 Å². The van der Waals surface area contributed by atoms with Crippen molar-refractivity contribution in [3.05, 3.63) is 108 Å². The summed E-state index contributed by atoms with van der Waals surface area (Å²) in [6.07, 6.45) is 0.552. The van der Waals surface area contributed by atoms with Crippen LogP contribution in [0.5, 0.6) is 0 Å². The summed E-state index contributed by atoms with van der Waals surface area (Å²) in [7, 11) is 0. The Kier molecular flexibility index (Phi) is 6.28. The van der Waals surface area contributed by atoms with Crippen LogP contribution in [0.25, 0.3) is 22.3 Å². The van der Waals surface area contributed by atoms with Gasteiger partial charge in [-0.3, -0.25) is 0 Å². The third kappa shape index (κ3) is 4.92. The van der Waals surface area contributed by atoms with Crippen molar-refractivity contribution in [1.29, 1.82) is 0 Å². The van der Waals surface area contributed by atoms with E-state index in [0.29, 0.717) is 0 Å². The SMILES string of the molecule is C=C(Cc1cccc(-c2ccccc2-c2cccc(CC(=C)C(=O)O)c2)c1)C(=O)O. The second-order valence-electron chi connectivity index (χ2n) is 7.12. The molecule has 0 amide bonds.